The molecule has 1 amide bonds. The third kappa shape index (κ3) is 4.34. The van der Waals surface area contributed by atoms with Gasteiger partial charge < -0.3 is 15.2 Å². The highest BCUT2D eigenvalue weighted by Crippen LogP contribution is 2.40. The van der Waals surface area contributed by atoms with E-state index in [-0.39, 0.29) is 24.0 Å². The average Bonchev–Trinajstić information content (AvgIpc) is 2.51. The summed E-state index contributed by atoms with van der Waals surface area (Å²) in [4.78, 5) is 19.3. The Hall–Kier alpha value is -1.82. The number of aliphatic imine (C=N–C) groups is 1. The number of thiocarbonyl (C=S) groups is 1. The molecule has 1 aliphatic rings. The van der Waals surface area contributed by atoms with E-state index in [1.807, 2.05) is 13.0 Å². The van der Waals surface area contributed by atoms with E-state index in [9.17, 15) is 4.79 Å². The van der Waals surface area contributed by atoms with Crippen molar-refractivity contribution in [1.82, 2.24) is 10.3 Å². The third-order valence-corrected chi connectivity index (χ3v) is 4.35. The largest absolute Gasteiger partial charge is 0.465 e. The molecule has 7 heteroatoms. The average molecular weight is 335 g/mol. The Morgan fingerprint density at radius 3 is 3.04 bits per heavy atom. The number of carbonyl (C=O) groups is 1. The van der Waals surface area contributed by atoms with Crippen molar-refractivity contribution >= 4 is 29.2 Å². The number of carboxylic acid groups (broad SMARTS) is 1. The molecule has 0 spiro atoms. The van der Waals surface area contributed by atoms with E-state index in [2.05, 4.69) is 27.4 Å². The summed E-state index contributed by atoms with van der Waals surface area (Å²) in [6.07, 6.45) is 3.79. The quantitative estimate of drug-likeness (QED) is 0.636. The van der Waals surface area contributed by atoms with Crippen LogP contribution < -0.4 is 5.32 Å². The predicted octanol–water partition coefficient (Wildman–Crippen LogP) is 3.37. The van der Waals surface area contributed by atoms with E-state index in [0.717, 1.165) is 12.0 Å². The van der Waals surface area contributed by atoms with Crippen molar-refractivity contribution < 1.29 is 14.6 Å². The molecule has 1 heterocycles. The van der Waals surface area contributed by atoms with Gasteiger partial charge in [-0.3, -0.25) is 4.98 Å². The van der Waals surface area contributed by atoms with E-state index >= 15 is 0 Å². The molecule has 0 radical (unpaired) electrons. The second-order valence-electron chi connectivity index (χ2n) is 5.76. The van der Waals surface area contributed by atoms with Crippen LogP contribution in [0.1, 0.15) is 38.2 Å². The SMILES string of the molecule is CCO[C@H]1[C@@H](C)C[C@@H](c2ccncc2N=C=S)C[C@H]1NC(=O)O. The lowest BCUT2D eigenvalue weighted by Crippen LogP contribution is -2.50. The molecule has 0 unspecified atom stereocenters. The molecule has 0 saturated heterocycles. The van der Waals surface area contributed by atoms with Crippen LogP contribution in [-0.2, 0) is 4.74 Å². The van der Waals surface area contributed by atoms with Gasteiger partial charge in [0.15, 0.2) is 0 Å². The highest BCUT2D eigenvalue weighted by atomic mass is 32.1. The summed E-state index contributed by atoms with van der Waals surface area (Å²) in [5.74, 6) is 0.395. The van der Waals surface area contributed by atoms with Crippen LogP contribution in [0.15, 0.2) is 23.5 Å². The number of nitrogens with one attached hydrogen (secondary N) is 1. The summed E-state index contributed by atoms with van der Waals surface area (Å²) >= 11 is 4.70. The van der Waals surface area contributed by atoms with Gasteiger partial charge in [-0.1, -0.05) is 6.92 Å². The lowest BCUT2D eigenvalue weighted by atomic mass is 9.74. The minimum absolute atomic E-state index is 0.119. The summed E-state index contributed by atoms with van der Waals surface area (Å²) in [5.41, 5.74) is 1.72. The lowest BCUT2D eigenvalue weighted by molar-refractivity contribution is -0.0245. The number of ether oxygens (including phenoxy) is 1. The molecular weight excluding hydrogens is 314 g/mol. The number of hydrogen-bond donors (Lipinski definition) is 2. The first-order valence-corrected chi connectivity index (χ1v) is 8.10. The van der Waals surface area contributed by atoms with Crippen LogP contribution in [0.3, 0.4) is 0 Å². The van der Waals surface area contributed by atoms with Crippen LogP contribution in [-0.4, -0.2) is 40.1 Å². The summed E-state index contributed by atoms with van der Waals surface area (Å²) in [6, 6.07) is 1.67. The number of amides is 1. The molecule has 124 valence electrons. The second-order valence-corrected chi connectivity index (χ2v) is 5.94. The van der Waals surface area contributed by atoms with Crippen molar-refractivity contribution in [1.29, 1.82) is 0 Å². The van der Waals surface area contributed by atoms with Crippen LogP contribution in [0, 0.1) is 5.92 Å². The van der Waals surface area contributed by atoms with E-state index in [4.69, 9.17) is 22.1 Å². The number of rotatable bonds is 5. The molecular formula is C16H21N3O3S. The van der Waals surface area contributed by atoms with Gasteiger partial charge in [-0.05, 0) is 55.4 Å². The van der Waals surface area contributed by atoms with Crippen molar-refractivity contribution in [2.24, 2.45) is 10.9 Å². The first-order valence-electron chi connectivity index (χ1n) is 7.69. The smallest absolute Gasteiger partial charge is 0.404 e. The van der Waals surface area contributed by atoms with Gasteiger partial charge >= 0.3 is 6.09 Å². The van der Waals surface area contributed by atoms with Crippen molar-refractivity contribution in [3.63, 3.8) is 0 Å². The number of pyridine rings is 1. The zero-order valence-electron chi connectivity index (χ0n) is 13.2. The highest BCUT2D eigenvalue weighted by Gasteiger charge is 2.38. The number of nitrogens with zero attached hydrogens (tertiary/aromatic N) is 2. The van der Waals surface area contributed by atoms with Crippen LogP contribution >= 0.6 is 12.2 Å². The number of hydrogen-bond acceptors (Lipinski definition) is 5. The topological polar surface area (TPSA) is 83.8 Å². The molecule has 0 aliphatic heterocycles. The van der Waals surface area contributed by atoms with Crippen molar-refractivity contribution in [3.05, 3.63) is 24.0 Å². The number of isothiocyanates is 1. The fraction of sp³-hybridized carbons (Fsp3) is 0.562. The molecule has 1 fully saturated rings. The van der Waals surface area contributed by atoms with Crippen LogP contribution in [0.25, 0.3) is 0 Å². The van der Waals surface area contributed by atoms with E-state index < -0.39 is 6.09 Å². The Labute approximate surface area is 141 Å². The Morgan fingerprint density at radius 1 is 1.61 bits per heavy atom. The van der Waals surface area contributed by atoms with E-state index in [1.54, 1.807) is 12.4 Å². The molecule has 1 aromatic heterocycles. The highest BCUT2D eigenvalue weighted by molar-refractivity contribution is 7.78. The maximum atomic E-state index is 11.1. The van der Waals surface area contributed by atoms with Crippen molar-refractivity contribution in [2.45, 2.75) is 44.8 Å². The van der Waals surface area contributed by atoms with E-state index in [1.165, 1.54) is 0 Å². The molecule has 23 heavy (non-hydrogen) atoms. The van der Waals surface area contributed by atoms with Crippen molar-refractivity contribution in [2.75, 3.05) is 6.61 Å². The third-order valence-electron chi connectivity index (χ3n) is 4.26. The monoisotopic (exact) mass is 335 g/mol. The van der Waals surface area contributed by atoms with Crippen LogP contribution in [0.2, 0.25) is 0 Å². The first kappa shape index (κ1) is 17.5. The summed E-state index contributed by atoms with van der Waals surface area (Å²) < 4.78 is 5.78. The summed E-state index contributed by atoms with van der Waals surface area (Å²) in [6.45, 7) is 4.57. The summed E-state index contributed by atoms with van der Waals surface area (Å²) in [5, 5.41) is 14.1. The Balaban J connectivity index is 2.28. The van der Waals surface area contributed by atoms with Gasteiger partial charge in [0.1, 0.15) is 0 Å². The van der Waals surface area contributed by atoms with Gasteiger partial charge in [0, 0.05) is 12.8 Å². The zero-order chi connectivity index (χ0) is 16.8. The maximum absolute atomic E-state index is 11.1. The van der Waals surface area contributed by atoms with Gasteiger partial charge in [-0.25, -0.2) is 4.79 Å². The van der Waals surface area contributed by atoms with Gasteiger partial charge in [0.25, 0.3) is 0 Å². The van der Waals surface area contributed by atoms with Crippen LogP contribution in [0.5, 0.6) is 0 Å². The first-order chi connectivity index (χ1) is 11.1. The Kier molecular flexibility index (Phi) is 6.21. The lowest BCUT2D eigenvalue weighted by Gasteiger charge is -2.40. The molecule has 1 aromatic rings. The van der Waals surface area contributed by atoms with Crippen molar-refractivity contribution in [3.8, 4) is 0 Å². The fourth-order valence-corrected chi connectivity index (χ4v) is 3.53. The standard InChI is InChI=1S/C16H21N3O3S/c1-3-22-15-10(2)6-11(7-13(15)19-16(20)21)12-4-5-17-8-14(12)18-9-23/h4-5,8,10-11,13,15,19H,3,6-7H2,1-2H3,(H,20,21)/t10-,11+,13+,15-/m0/s1. The second kappa shape index (κ2) is 8.15. The molecule has 6 nitrogen and oxygen atoms in total. The minimum atomic E-state index is -1.03. The Bertz CT molecular complexity index is 604. The van der Waals surface area contributed by atoms with Gasteiger partial charge in [0.2, 0.25) is 0 Å². The molecule has 1 aliphatic carbocycles. The van der Waals surface area contributed by atoms with Gasteiger partial charge in [-0.2, -0.15) is 4.99 Å². The maximum Gasteiger partial charge on any atom is 0.404 e. The van der Waals surface area contributed by atoms with Gasteiger partial charge in [-0.15, -0.1) is 0 Å². The molecule has 2 rings (SSSR count). The zero-order valence-corrected chi connectivity index (χ0v) is 14.0. The molecule has 0 aromatic carbocycles. The molecule has 0 bridgehead atoms. The predicted molar refractivity (Wildman–Crippen MR) is 90.4 cm³/mol. The van der Waals surface area contributed by atoms with E-state index in [0.29, 0.717) is 18.7 Å². The molecule has 4 atom stereocenters. The normalized spacial score (nSPS) is 27.0. The summed E-state index contributed by atoms with van der Waals surface area (Å²) in [7, 11) is 0. The minimum Gasteiger partial charge on any atom is -0.465 e. The Morgan fingerprint density at radius 2 is 2.39 bits per heavy atom. The van der Waals surface area contributed by atoms with Crippen LogP contribution in [0.4, 0.5) is 10.5 Å². The molecule has 1 saturated carbocycles. The fourth-order valence-electron chi connectivity index (χ4n) is 3.43. The van der Waals surface area contributed by atoms with Gasteiger partial charge in [0.05, 0.1) is 29.2 Å². The molecule has 2 N–H and O–H groups in total. The number of aromatic nitrogens is 1.